The number of nitrogens with one attached hydrogen (secondary N) is 1. The Balaban J connectivity index is 1.77. The summed E-state index contributed by atoms with van der Waals surface area (Å²) in [5, 5.41) is 2.00. The lowest BCUT2D eigenvalue weighted by Crippen LogP contribution is -2.14. The van der Waals surface area contributed by atoms with Crippen molar-refractivity contribution in [3.8, 4) is 21.6 Å². The maximum Gasteiger partial charge on any atom is 0.232 e. The van der Waals surface area contributed by atoms with Gasteiger partial charge in [-0.3, -0.25) is 4.55 Å². The normalized spacial score (nSPS) is 12.2. The monoisotopic (exact) mass is 329 g/mol. The van der Waals surface area contributed by atoms with Crippen LogP contribution >= 0.6 is 11.3 Å². The minimum Gasteiger partial charge on any atom is -0.294 e. The first kappa shape index (κ1) is 15.1. The number of hydrogen-bond acceptors (Lipinski definition) is 2. The van der Waals surface area contributed by atoms with Crippen LogP contribution in [0.5, 0.6) is 0 Å². The Morgan fingerprint density at radius 2 is 1.59 bits per heavy atom. The van der Waals surface area contributed by atoms with Crippen molar-refractivity contribution >= 4 is 22.6 Å². The van der Waals surface area contributed by atoms with Crippen molar-refractivity contribution in [2.24, 2.45) is 0 Å². The molecule has 3 nitrogen and oxygen atoms in total. The fraction of sp³-hybridized carbons (Fsp3) is 0.0588. The molecule has 1 unspecified atom stereocenters. The van der Waals surface area contributed by atoms with Gasteiger partial charge in [0, 0.05) is 11.4 Å². The Kier molecular flexibility index (Phi) is 4.80. The molecule has 3 aromatic rings. The molecular weight excluding hydrogens is 314 g/mol. The van der Waals surface area contributed by atoms with E-state index in [2.05, 4.69) is 41.1 Å². The van der Waals surface area contributed by atoms with Gasteiger partial charge in [0.05, 0.1) is 0 Å². The van der Waals surface area contributed by atoms with Crippen molar-refractivity contribution in [3.63, 3.8) is 0 Å². The lowest BCUT2D eigenvalue weighted by atomic mass is 10.0. The quantitative estimate of drug-likeness (QED) is 0.685. The van der Waals surface area contributed by atoms with E-state index in [1.165, 1.54) is 11.1 Å². The summed E-state index contributed by atoms with van der Waals surface area (Å²) >= 11 is -0.336. The van der Waals surface area contributed by atoms with E-state index >= 15 is 0 Å². The summed E-state index contributed by atoms with van der Waals surface area (Å²) in [5.74, 6) is 0. The zero-order valence-electron chi connectivity index (χ0n) is 11.7. The van der Waals surface area contributed by atoms with E-state index in [-0.39, 0.29) is 0 Å². The van der Waals surface area contributed by atoms with Gasteiger partial charge in [-0.05, 0) is 33.7 Å². The van der Waals surface area contributed by atoms with E-state index in [4.69, 9.17) is 4.55 Å². The van der Waals surface area contributed by atoms with E-state index in [1.54, 1.807) is 11.3 Å². The van der Waals surface area contributed by atoms with Gasteiger partial charge < -0.3 is 0 Å². The summed E-state index contributed by atoms with van der Waals surface area (Å²) in [6.07, 6.45) is 0. The van der Waals surface area contributed by atoms with Crippen LogP contribution in [0.4, 0.5) is 0 Å². The minimum atomic E-state index is -1.97. The average molecular weight is 329 g/mol. The fourth-order valence-electron chi connectivity index (χ4n) is 2.22. The van der Waals surface area contributed by atoms with E-state index in [0.717, 1.165) is 16.0 Å². The molecule has 5 heteroatoms. The molecule has 1 aromatic heterocycles. The lowest BCUT2D eigenvalue weighted by Gasteiger charge is -2.03. The Morgan fingerprint density at radius 3 is 2.27 bits per heavy atom. The number of rotatable bonds is 5. The van der Waals surface area contributed by atoms with Gasteiger partial charge in [0.2, 0.25) is 11.3 Å². The molecule has 0 saturated carbocycles. The Bertz CT molecular complexity index is 767. The molecule has 0 radical (unpaired) electrons. The van der Waals surface area contributed by atoms with Gasteiger partial charge in [0.1, 0.15) is 0 Å². The molecule has 0 aliphatic rings. The molecule has 1 atom stereocenters. The highest BCUT2D eigenvalue weighted by molar-refractivity contribution is 7.77. The van der Waals surface area contributed by atoms with Gasteiger partial charge >= 0.3 is 0 Å². The maximum absolute atomic E-state index is 10.6. The van der Waals surface area contributed by atoms with Crippen LogP contribution in [0.2, 0.25) is 0 Å². The second-order valence-corrected chi connectivity index (χ2v) is 6.53. The Labute approximate surface area is 136 Å². The smallest absolute Gasteiger partial charge is 0.232 e. The molecule has 1 heterocycles. The van der Waals surface area contributed by atoms with E-state index < -0.39 is 11.3 Å². The third-order valence-corrected chi connectivity index (χ3v) is 4.75. The van der Waals surface area contributed by atoms with Gasteiger partial charge in [0.15, 0.2) is 0 Å². The first-order valence-corrected chi connectivity index (χ1v) is 8.78. The Morgan fingerprint density at radius 1 is 0.955 bits per heavy atom. The van der Waals surface area contributed by atoms with Crippen LogP contribution < -0.4 is 4.72 Å². The first-order chi connectivity index (χ1) is 10.7. The SMILES string of the molecule is O=S(O)NCc1csc(-c2ccc(-c3ccccc3)cc2)c1. The molecule has 22 heavy (non-hydrogen) atoms. The topological polar surface area (TPSA) is 49.3 Å². The first-order valence-electron chi connectivity index (χ1n) is 6.80. The highest BCUT2D eigenvalue weighted by Crippen LogP contribution is 2.29. The highest BCUT2D eigenvalue weighted by atomic mass is 32.2. The molecule has 0 aliphatic carbocycles. The van der Waals surface area contributed by atoms with Crippen molar-refractivity contribution in [1.29, 1.82) is 0 Å². The standard InChI is InChI=1S/C17H15NO2S2/c19-22(20)18-11-13-10-17(21-12-13)16-8-6-15(7-9-16)14-4-2-1-3-5-14/h1-10,12,18H,11H2,(H,19,20). The third kappa shape index (κ3) is 3.69. The average Bonchev–Trinajstić information content (AvgIpc) is 3.03. The van der Waals surface area contributed by atoms with Crippen molar-refractivity contribution in [2.45, 2.75) is 6.54 Å². The van der Waals surface area contributed by atoms with E-state index in [9.17, 15) is 4.21 Å². The van der Waals surface area contributed by atoms with Crippen LogP contribution in [0.1, 0.15) is 5.56 Å². The predicted molar refractivity (Wildman–Crippen MR) is 92.8 cm³/mol. The van der Waals surface area contributed by atoms with E-state index in [1.807, 2.05) is 29.6 Å². The summed E-state index contributed by atoms with van der Waals surface area (Å²) in [5.41, 5.74) is 4.56. The third-order valence-electron chi connectivity index (χ3n) is 3.33. The molecule has 2 aromatic carbocycles. The fourth-order valence-corrected chi connectivity index (χ4v) is 3.43. The van der Waals surface area contributed by atoms with Gasteiger partial charge in [0.25, 0.3) is 0 Å². The van der Waals surface area contributed by atoms with Gasteiger partial charge in [-0.1, -0.05) is 54.6 Å². The zero-order valence-corrected chi connectivity index (χ0v) is 13.4. The molecule has 0 fully saturated rings. The second-order valence-electron chi connectivity index (χ2n) is 4.83. The van der Waals surface area contributed by atoms with Crippen LogP contribution in [-0.2, 0) is 17.8 Å². The zero-order chi connectivity index (χ0) is 15.4. The molecule has 0 aliphatic heterocycles. The van der Waals surface area contributed by atoms with Crippen LogP contribution in [0.25, 0.3) is 21.6 Å². The van der Waals surface area contributed by atoms with Crippen molar-refractivity contribution in [1.82, 2.24) is 4.72 Å². The molecule has 2 N–H and O–H groups in total. The van der Waals surface area contributed by atoms with Gasteiger partial charge in [-0.15, -0.1) is 11.3 Å². The molecule has 0 saturated heterocycles. The Hall–Kier alpha value is -1.79. The van der Waals surface area contributed by atoms with Gasteiger partial charge in [-0.2, -0.15) is 0 Å². The van der Waals surface area contributed by atoms with Crippen molar-refractivity contribution in [3.05, 3.63) is 71.6 Å². The summed E-state index contributed by atoms with van der Waals surface area (Å²) in [4.78, 5) is 1.15. The summed E-state index contributed by atoms with van der Waals surface area (Å²) < 4.78 is 21.9. The molecule has 112 valence electrons. The maximum atomic E-state index is 10.6. The molecular formula is C17H15NO2S2. The van der Waals surface area contributed by atoms with Crippen molar-refractivity contribution < 1.29 is 8.76 Å². The molecule has 0 amide bonds. The predicted octanol–water partition coefficient (Wildman–Crippen LogP) is 4.31. The van der Waals surface area contributed by atoms with Crippen LogP contribution in [0, 0.1) is 0 Å². The largest absolute Gasteiger partial charge is 0.294 e. The van der Waals surface area contributed by atoms with Crippen molar-refractivity contribution in [2.75, 3.05) is 0 Å². The number of thiophene rings is 1. The van der Waals surface area contributed by atoms with Gasteiger partial charge in [-0.25, -0.2) is 8.93 Å². The number of hydrogen-bond donors (Lipinski definition) is 2. The van der Waals surface area contributed by atoms with Crippen LogP contribution in [0.15, 0.2) is 66.0 Å². The molecule has 0 bridgehead atoms. The summed E-state index contributed by atoms with van der Waals surface area (Å²) in [6, 6.07) is 20.8. The molecule has 0 spiro atoms. The number of benzene rings is 2. The minimum absolute atomic E-state index is 0.391. The van der Waals surface area contributed by atoms with Crippen LogP contribution in [-0.4, -0.2) is 8.76 Å². The van der Waals surface area contributed by atoms with Crippen LogP contribution in [0.3, 0.4) is 0 Å². The lowest BCUT2D eigenvalue weighted by molar-refractivity contribution is 0.549. The molecule has 3 rings (SSSR count). The second kappa shape index (κ2) is 6.98. The van der Waals surface area contributed by atoms with E-state index in [0.29, 0.717) is 6.54 Å². The summed E-state index contributed by atoms with van der Waals surface area (Å²) in [6.45, 7) is 0.391. The summed E-state index contributed by atoms with van der Waals surface area (Å²) in [7, 11) is 0. The highest BCUT2D eigenvalue weighted by Gasteiger charge is 2.04.